The summed E-state index contributed by atoms with van der Waals surface area (Å²) in [6.45, 7) is 2.78. The summed E-state index contributed by atoms with van der Waals surface area (Å²) in [5.41, 5.74) is 3.05. The van der Waals surface area contributed by atoms with Crippen molar-refractivity contribution in [2.75, 3.05) is 6.54 Å². The number of carbonyl (C=O) groups excluding carboxylic acids is 1. The summed E-state index contributed by atoms with van der Waals surface area (Å²) in [4.78, 5) is 20.2. The van der Waals surface area contributed by atoms with E-state index in [1.165, 1.54) is 19.3 Å². The Bertz CT molecular complexity index is 808. The Hall–Kier alpha value is -1.91. The first-order valence-corrected chi connectivity index (χ1v) is 9.30. The van der Waals surface area contributed by atoms with Gasteiger partial charge < -0.3 is 9.42 Å². The van der Waals surface area contributed by atoms with Gasteiger partial charge >= 0.3 is 0 Å². The Labute approximate surface area is 141 Å². The van der Waals surface area contributed by atoms with Gasteiger partial charge in [0.25, 0.3) is 11.6 Å². The number of fused-ring (bicyclic) bond motifs is 2. The zero-order chi connectivity index (χ0) is 16.3. The molecule has 1 amide bonds. The van der Waals surface area contributed by atoms with Crippen molar-refractivity contribution in [2.24, 2.45) is 5.92 Å². The minimum atomic E-state index is 0.159. The van der Waals surface area contributed by atoms with Crippen LogP contribution in [0.4, 0.5) is 0 Å². The van der Waals surface area contributed by atoms with Crippen LogP contribution in [0.25, 0.3) is 11.1 Å². The molecular weight excluding hydrogens is 302 g/mol. The molecular formula is C19H23N3O2. The summed E-state index contributed by atoms with van der Waals surface area (Å²) in [5, 5.41) is 4.87. The number of hydrogen-bond acceptors (Lipinski definition) is 4. The van der Waals surface area contributed by atoms with Crippen LogP contribution < -0.4 is 0 Å². The van der Waals surface area contributed by atoms with Crippen molar-refractivity contribution < 1.29 is 9.32 Å². The van der Waals surface area contributed by atoms with Crippen molar-refractivity contribution in [3.05, 3.63) is 23.0 Å². The zero-order valence-corrected chi connectivity index (χ0v) is 14.1. The first kappa shape index (κ1) is 14.4. The molecule has 1 aliphatic heterocycles. The highest BCUT2D eigenvalue weighted by atomic mass is 16.5. The van der Waals surface area contributed by atoms with Crippen LogP contribution in [0.1, 0.15) is 72.6 Å². The van der Waals surface area contributed by atoms with E-state index in [9.17, 15) is 4.79 Å². The van der Waals surface area contributed by atoms with Gasteiger partial charge in [0.05, 0.1) is 16.6 Å². The molecule has 3 aliphatic rings. The van der Waals surface area contributed by atoms with Gasteiger partial charge in [-0.3, -0.25) is 4.79 Å². The largest absolute Gasteiger partial charge is 0.336 e. The maximum Gasteiger partial charge on any atom is 0.259 e. The van der Waals surface area contributed by atoms with Crippen molar-refractivity contribution in [2.45, 2.75) is 63.8 Å². The van der Waals surface area contributed by atoms with Gasteiger partial charge in [0.15, 0.2) is 0 Å². The fourth-order valence-corrected chi connectivity index (χ4v) is 4.73. The number of carbonyl (C=O) groups is 1. The molecule has 5 nitrogen and oxygen atoms in total. The quantitative estimate of drug-likeness (QED) is 0.842. The van der Waals surface area contributed by atoms with Gasteiger partial charge in [0.1, 0.15) is 0 Å². The van der Waals surface area contributed by atoms with Crippen molar-refractivity contribution in [3.63, 3.8) is 0 Å². The molecule has 2 atom stereocenters. The molecule has 3 fully saturated rings. The SMILES string of the molecule is Cc1noc2nc(C3CC3)cc(C(=O)N3CCC[C@H]4CCC[C@@H]43)c12. The fourth-order valence-electron chi connectivity index (χ4n) is 4.73. The molecule has 5 rings (SSSR count). The number of pyridine rings is 1. The van der Waals surface area contributed by atoms with E-state index in [0.717, 1.165) is 54.6 Å². The monoisotopic (exact) mass is 325 g/mol. The topological polar surface area (TPSA) is 59.2 Å². The van der Waals surface area contributed by atoms with Crippen LogP contribution in [0.15, 0.2) is 10.6 Å². The highest BCUT2D eigenvalue weighted by Gasteiger charge is 2.39. The van der Waals surface area contributed by atoms with Crippen LogP contribution in [0, 0.1) is 12.8 Å². The average Bonchev–Trinajstić information content (AvgIpc) is 3.23. The summed E-state index contributed by atoms with van der Waals surface area (Å²) in [6, 6.07) is 2.45. The molecule has 0 bridgehead atoms. The zero-order valence-electron chi connectivity index (χ0n) is 14.1. The van der Waals surface area contributed by atoms with E-state index in [-0.39, 0.29) is 5.91 Å². The fraction of sp³-hybridized carbons (Fsp3) is 0.632. The molecule has 5 heteroatoms. The van der Waals surface area contributed by atoms with Crippen LogP contribution >= 0.6 is 0 Å². The predicted molar refractivity (Wildman–Crippen MR) is 89.9 cm³/mol. The Balaban J connectivity index is 1.59. The Morgan fingerprint density at radius 1 is 1.21 bits per heavy atom. The lowest BCUT2D eigenvalue weighted by Gasteiger charge is -2.38. The van der Waals surface area contributed by atoms with Gasteiger partial charge in [0.2, 0.25) is 0 Å². The molecule has 0 aromatic carbocycles. The van der Waals surface area contributed by atoms with Gasteiger partial charge in [-0.25, -0.2) is 4.98 Å². The van der Waals surface area contributed by atoms with E-state index in [0.29, 0.717) is 23.6 Å². The van der Waals surface area contributed by atoms with Crippen molar-refractivity contribution in [1.29, 1.82) is 0 Å². The molecule has 24 heavy (non-hydrogen) atoms. The van der Waals surface area contributed by atoms with Gasteiger partial charge in [-0.15, -0.1) is 0 Å². The number of hydrogen-bond donors (Lipinski definition) is 0. The standard InChI is InChI=1S/C19H23N3O2/c1-11-17-14(10-15(12-7-8-12)20-18(17)24-21-11)19(23)22-9-3-5-13-4-2-6-16(13)22/h10,12-13,16H,2-9H2,1H3/t13-,16+/m1/s1. The number of rotatable bonds is 2. The molecule has 2 saturated carbocycles. The number of aryl methyl sites for hydroxylation is 1. The third-order valence-electron chi connectivity index (χ3n) is 6.12. The molecule has 0 unspecified atom stereocenters. The maximum absolute atomic E-state index is 13.4. The van der Waals surface area contributed by atoms with Crippen molar-refractivity contribution in [3.8, 4) is 0 Å². The molecule has 2 aliphatic carbocycles. The number of nitrogens with zero attached hydrogens (tertiary/aromatic N) is 3. The second kappa shape index (κ2) is 5.30. The molecule has 2 aromatic rings. The van der Waals surface area contributed by atoms with Gasteiger partial charge in [0, 0.05) is 24.2 Å². The van der Waals surface area contributed by atoms with Gasteiger partial charge in [-0.2, -0.15) is 0 Å². The molecule has 0 radical (unpaired) electrons. The molecule has 0 spiro atoms. The number of piperidine rings is 1. The lowest BCUT2D eigenvalue weighted by Crippen LogP contribution is -2.46. The summed E-state index contributed by atoms with van der Waals surface area (Å²) in [7, 11) is 0. The van der Waals surface area contributed by atoms with E-state index < -0.39 is 0 Å². The second-order valence-corrected chi connectivity index (χ2v) is 7.72. The molecule has 1 saturated heterocycles. The molecule has 2 aromatic heterocycles. The average molecular weight is 325 g/mol. The first-order valence-electron chi connectivity index (χ1n) is 9.30. The molecule has 3 heterocycles. The Morgan fingerprint density at radius 2 is 2.04 bits per heavy atom. The minimum Gasteiger partial charge on any atom is -0.336 e. The summed E-state index contributed by atoms with van der Waals surface area (Å²) in [6.07, 6.45) is 8.41. The molecule has 126 valence electrons. The number of likely N-dealkylation sites (tertiary alicyclic amines) is 1. The highest BCUT2D eigenvalue weighted by Crippen LogP contribution is 2.42. The van der Waals surface area contributed by atoms with Crippen LogP contribution in [-0.4, -0.2) is 33.5 Å². The Kier molecular flexibility index (Phi) is 3.19. The summed E-state index contributed by atoms with van der Waals surface area (Å²) in [5.74, 6) is 1.35. The smallest absolute Gasteiger partial charge is 0.259 e. The van der Waals surface area contributed by atoms with E-state index >= 15 is 0 Å². The van der Waals surface area contributed by atoms with Crippen LogP contribution in [0.5, 0.6) is 0 Å². The number of amides is 1. The lowest BCUT2D eigenvalue weighted by molar-refractivity contribution is 0.0550. The predicted octanol–water partition coefficient (Wildman–Crippen LogP) is 3.81. The van der Waals surface area contributed by atoms with Crippen molar-refractivity contribution >= 4 is 17.0 Å². The highest BCUT2D eigenvalue weighted by molar-refractivity contribution is 6.06. The normalized spacial score (nSPS) is 26.8. The molecule has 0 N–H and O–H groups in total. The Morgan fingerprint density at radius 3 is 2.88 bits per heavy atom. The lowest BCUT2D eigenvalue weighted by atomic mass is 9.91. The minimum absolute atomic E-state index is 0.159. The van der Waals surface area contributed by atoms with E-state index in [2.05, 4.69) is 15.0 Å². The van der Waals surface area contributed by atoms with Crippen molar-refractivity contribution in [1.82, 2.24) is 15.0 Å². The summed E-state index contributed by atoms with van der Waals surface area (Å²) >= 11 is 0. The third kappa shape index (κ3) is 2.17. The van der Waals surface area contributed by atoms with E-state index in [1.54, 1.807) is 0 Å². The maximum atomic E-state index is 13.4. The van der Waals surface area contributed by atoms with E-state index in [4.69, 9.17) is 4.52 Å². The van der Waals surface area contributed by atoms with E-state index in [1.807, 2.05) is 13.0 Å². The number of aromatic nitrogens is 2. The van der Waals surface area contributed by atoms with Gasteiger partial charge in [-0.05, 0) is 57.4 Å². The first-order chi connectivity index (χ1) is 11.7. The second-order valence-electron chi connectivity index (χ2n) is 7.72. The van der Waals surface area contributed by atoms with Crippen LogP contribution in [0.2, 0.25) is 0 Å². The van der Waals surface area contributed by atoms with Gasteiger partial charge in [-0.1, -0.05) is 11.6 Å². The summed E-state index contributed by atoms with van der Waals surface area (Å²) < 4.78 is 5.40. The van der Waals surface area contributed by atoms with Crippen LogP contribution in [0.3, 0.4) is 0 Å². The van der Waals surface area contributed by atoms with Crippen LogP contribution in [-0.2, 0) is 0 Å². The third-order valence-corrected chi connectivity index (χ3v) is 6.12.